The molecule has 1 saturated heterocycles. The van der Waals surface area contributed by atoms with Crippen molar-refractivity contribution >= 4 is 12.1 Å². The lowest BCUT2D eigenvalue weighted by molar-refractivity contribution is -0.165. The molecule has 0 bridgehead atoms. The number of carboxylic acid groups (broad SMARTS) is 1. The Bertz CT molecular complexity index is 680. The van der Waals surface area contributed by atoms with Gasteiger partial charge in [0.1, 0.15) is 12.6 Å². The molecule has 27 heavy (non-hydrogen) atoms. The van der Waals surface area contributed by atoms with Gasteiger partial charge in [-0.05, 0) is 36.5 Å². The maximum Gasteiger partial charge on any atom is 0.426 e. The Morgan fingerprint density at radius 2 is 2.00 bits per heavy atom. The Balaban J connectivity index is 1.73. The molecule has 0 aromatic heterocycles. The molecule has 0 aliphatic carbocycles. The molecule has 1 aliphatic rings. The number of carbonyl (C=O) groups is 2. The highest BCUT2D eigenvalue weighted by Crippen LogP contribution is 2.42. The van der Waals surface area contributed by atoms with Crippen molar-refractivity contribution in [1.82, 2.24) is 16.2 Å². The van der Waals surface area contributed by atoms with E-state index >= 15 is 0 Å². The van der Waals surface area contributed by atoms with Crippen molar-refractivity contribution in [1.29, 1.82) is 0 Å². The Kier molecular flexibility index (Phi) is 6.63. The number of benzene rings is 1. The molecule has 1 aromatic rings. The predicted molar refractivity (Wildman–Crippen MR) is 88.1 cm³/mol. The number of carbonyl (C=O) groups excluding carboxylic acids is 1. The second kappa shape index (κ2) is 8.55. The smallest absolute Gasteiger partial charge is 0.426 e. The summed E-state index contributed by atoms with van der Waals surface area (Å²) in [5, 5.41) is 11.1. The van der Waals surface area contributed by atoms with Gasteiger partial charge in [0.05, 0.1) is 0 Å². The monoisotopic (exact) mass is 390 g/mol. The lowest BCUT2D eigenvalue weighted by Gasteiger charge is -2.17. The van der Waals surface area contributed by atoms with Gasteiger partial charge in [0.15, 0.2) is 0 Å². The van der Waals surface area contributed by atoms with Crippen LogP contribution in [0.1, 0.15) is 30.4 Å². The number of alkyl carbamates (subject to hydrolysis) is 1. The summed E-state index contributed by atoms with van der Waals surface area (Å²) in [6.07, 6.45) is -3.88. The average Bonchev–Trinajstić information content (AvgIpc) is 3.41. The van der Waals surface area contributed by atoms with Gasteiger partial charge in [-0.25, -0.2) is 15.6 Å². The Labute approximate surface area is 153 Å². The molecule has 6 N–H and O–H groups in total. The minimum absolute atomic E-state index is 0.0220. The Morgan fingerprint density at radius 3 is 2.59 bits per heavy atom. The number of halogens is 3. The van der Waals surface area contributed by atoms with Gasteiger partial charge >= 0.3 is 18.2 Å². The minimum Gasteiger partial charge on any atom is -0.480 e. The van der Waals surface area contributed by atoms with Crippen molar-refractivity contribution in [2.24, 2.45) is 5.73 Å². The second-order valence-corrected chi connectivity index (χ2v) is 6.14. The van der Waals surface area contributed by atoms with Crippen molar-refractivity contribution in [2.45, 2.75) is 43.8 Å². The maximum absolute atomic E-state index is 13.1. The Hall–Kier alpha value is -2.37. The molecule has 1 fully saturated rings. The topological polar surface area (TPSA) is 146 Å². The molecule has 0 radical (unpaired) electrons. The number of alkyl halides is 3. The van der Waals surface area contributed by atoms with Crippen molar-refractivity contribution < 1.29 is 32.6 Å². The SMILES string of the molecule is N[C@@H](CCCCNC(=O)OCc1cccc(C2(C(F)(F)F)NN2)c1)C(=O)O. The third-order valence-corrected chi connectivity index (χ3v) is 4.06. The number of rotatable bonds is 9. The van der Waals surface area contributed by atoms with E-state index in [0.29, 0.717) is 24.8 Å². The van der Waals surface area contributed by atoms with Crippen molar-refractivity contribution in [3.63, 3.8) is 0 Å². The van der Waals surface area contributed by atoms with Gasteiger partial charge in [0, 0.05) is 6.54 Å². The summed E-state index contributed by atoms with van der Waals surface area (Å²) in [4.78, 5) is 22.2. The lowest BCUT2D eigenvalue weighted by atomic mass is 10.0. The van der Waals surface area contributed by atoms with E-state index in [-0.39, 0.29) is 18.7 Å². The number of hydrazine groups is 1. The largest absolute Gasteiger partial charge is 0.480 e. The molecule has 1 heterocycles. The van der Waals surface area contributed by atoms with Crippen LogP contribution in [0.5, 0.6) is 0 Å². The van der Waals surface area contributed by atoms with Crippen LogP contribution in [0.4, 0.5) is 18.0 Å². The number of carboxylic acids is 1. The van der Waals surface area contributed by atoms with Gasteiger partial charge in [0.25, 0.3) is 0 Å². The summed E-state index contributed by atoms with van der Waals surface area (Å²) in [5.41, 5.74) is 7.70. The predicted octanol–water partition coefficient (Wildman–Crippen LogP) is 1.32. The molecule has 8 nitrogen and oxygen atoms in total. The first-order chi connectivity index (χ1) is 12.7. The van der Waals surface area contributed by atoms with Crippen molar-refractivity contribution in [3.8, 4) is 0 Å². The van der Waals surface area contributed by atoms with Gasteiger partial charge in [-0.15, -0.1) is 0 Å². The summed E-state index contributed by atoms with van der Waals surface area (Å²) in [6.45, 7) is 0.0910. The zero-order valence-corrected chi connectivity index (χ0v) is 14.3. The zero-order valence-electron chi connectivity index (χ0n) is 14.3. The van der Waals surface area contributed by atoms with Gasteiger partial charge in [-0.3, -0.25) is 4.79 Å². The standard InChI is InChI=1S/C16H21F3N4O4/c17-16(18,19)15(22-23-15)11-5-3-4-10(8-11)9-27-14(26)21-7-2-1-6-12(20)13(24)25/h3-5,8,12,22-23H,1-2,6-7,9,20H2,(H,21,26)(H,24,25)/t12-/m0/s1. The van der Waals surface area contributed by atoms with E-state index in [9.17, 15) is 22.8 Å². The van der Waals surface area contributed by atoms with Gasteiger partial charge < -0.3 is 20.9 Å². The molecule has 0 spiro atoms. The van der Waals surface area contributed by atoms with Crippen LogP contribution in [-0.2, 0) is 21.8 Å². The summed E-state index contributed by atoms with van der Waals surface area (Å²) in [7, 11) is 0. The van der Waals surface area contributed by atoms with E-state index in [1.807, 2.05) is 0 Å². The molecule has 1 atom stereocenters. The second-order valence-electron chi connectivity index (χ2n) is 6.14. The molecule has 1 aliphatic heterocycles. The highest BCUT2D eigenvalue weighted by molar-refractivity contribution is 5.72. The molecule has 0 unspecified atom stereocenters. The zero-order chi connectivity index (χ0) is 20.1. The maximum atomic E-state index is 13.1. The number of amides is 1. The first-order valence-electron chi connectivity index (χ1n) is 8.25. The van der Waals surface area contributed by atoms with Crippen LogP contribution < -0.4 is 21.9 Å². The molecule has 1 amide bonds. The van der Waals surface area contributed by atoms with Crippen LogP contribution in [0.2, 0.25) is 0 Å². The van der Waals surface area contributed by atoms with E-state index in [0.717, 1.165) is 0 Å². The number of ether oxygens (including phenoxy) is 1. The van der Waals surface area contributed by atoms with Crippen LogP contribution in [0.3, 0.4) is 0 Å². The number of aliphatic carboxylic acids is 1. The summed E-state index contributed by atoms with van der Waals surface area (Å²) in [5.74, 6) is -1.08. The van der Waals surface area contributed by atoms with Gasteiger partial charge in [-0.1, -0.05) is 18.2 Å². The van der Waals surface area contributed by atoms with Crippen LogP contribution >= 0.6 is 0 Å². The highest BCUT2D eigenvalue weighted by atomic mass is 19.4. The molecular weight excluding hydrogens is 369 g/mol. The summed E-state index contributed by atoms with van der Waals surface area (Å²) >= 11 is 0. The number of hydrogen-bond acceptors (Lipinski definition) is 6. The number of hydrogen-bond donors (Lipinski definition) is 5. The van der Waals surface area contributed by atoms with Crippen LogP contribution in [0.25, 0.3) is 0 Å². The van der Waals surface area contributed by atoms with E-state index < -0.39 is 29.9 Å². The molecule has 2 rings (SSSR count). The van der Waals surface area contributed by atoms with E-state index in [2.05, 4.69) is 16.2 Å². The van der Waals surface area contributed by atoms with Crippen LogP contribution in [-0.4, -0.2) is 35.9 Å². The quantitative estimate of drug-likeness (QED) is 0.316. The molecule has 150 valence electrons. The molecule has 11 heteroatoms. The first kappa shape index (κ1) is 20.9. The van der Waals surface area contributed by atoms with Gasteiger partial charge in [0.2, 0.25) is 5.66 Å². The normalized spacial score (nSPS) is 16.4. The third-order valence-electron chi connectivity index (χ3n) is 4.06. The first-order valence-corrected chi connectivity index (χ1v) is 8.25. The Morgan fingerprint density at radius 1 is 1.30 bits per heavy atom. The highest BCUT2D eigenvalue weighted by Gasteiger charge is 2.65. The van der Waals surface area contributed by atoms with Crippen LogP contribution in [0, 0.1) is 0 Å². The third kappa shape index (κ3) is 5.55. The fourth-order valence-corrected chi connectivity index (χ4v) is 2.41. The minimum atomic E-state index is -4.51. The van der Waals surface area contributed by atoms with Crippen molar-refractivity contribution in [2.75, 3.05) is 6.54 Å². The fourth-order valence-electron chi connectivity index (χ4n) is 2.41. The lowest BCUT2D eigenvalue weighted by Crippen LogP contribution is -2.34. The number of nitrogens with one attached hydrogen (secondary N) is 3. The van der Waals surface area contributed by atoms with E-state index in [1.54, 1.807) is 6.07 Å². The number of unbranched alkanes of at least 4 members (excludes halogenated alkanes) is 1. The molecular formula is C16H21F3N4O4. The van der Waals surface area contributed by atoms with Crippen LogP contribution in [0.15, 0.2) is 24.3 Å². The fraction of sp³-hybridized carbons (Fsp3) is 0.500. The molecule has 1 aromatic carbocycles. The van der Waals surface area contributed by atoms with Gasteiger partial charge in [-0.2, -0.15) is 13.2 Å². The molecule has 0 saturated carbocycles. The summed E-state index contributed by atoms with van der Waals surface area (Å²) in [6, 6.07) is 4.70. The van der Waals surface area contributed by atoms with E-state index in [1.165, 1.54) is 18.2 Å². The average molecular weight is 390 g/mol. The van der Waals surface area contributed by atoms with Crippen molar-refractivity contribution in [3.05, 3.63) is 35.4 Å². The summed E-state index contributed by atoms with van der Waals surface area (Å²) < 4.78 is 44.2. The van der Waals surface area contributed by atoms with E-state index in [4.69, 9.17) is 15.6 Å². The number of nitrogens with two attached hydrogens (primary N) is 1.